The lowest BCUT2D eigenvalue weighted by atomic mass is 9.96. The molecule has 2 rings (SSSR count). The largest absolute Gasteiger partial charge is 0.497 e. The first-order valence-corrected chi connectivity index (χ1v) is 13.5. The molecule has 9 heteroatoms. The summed E-state index contributed by atoms with van der Waals surface area (Å²) in [5.74, 6) is 0.566. The number of rotatable bonds is 10. The maximum atomic E-state index is 13.7. The van der Waals surface area contributed by atoms with Crippen LogP contribution in [0.2, 0.25) is 0 Å². The van der Waals surface area contributed by atoms with Gasteiger partial charge in [-0.2, -0.15) is 11.8 Å². The number of hydrogen-bond donors (Lipinski definition) is 2. The third kappa shape index (κ3) is 9.00. The zero-order chi connectivity index (χ0) is 27.8. The average Bonchev–Trinajstić information content (AvgIpc) is 2.82. The van der Waals surface area contributed by atoms with Crippen LogP contribution in [0.3, 0.4) is 0 Å². The SMILES string of the molecule is COc1ccc(NC(=O)C(c2ccc(C)cc2C)N(C)C(=O)C(CCSC)NC(=O)OC(C)(C)C)cc1. The lowest BCUT2D eigenvalue weighted by Gasteiger charge is -2.32. The van der Waals surface area contributed by atoms with E-state index in [1.807, 2.05) is 38.3 Å². The van der Waals surface area contributed by atoms with Crippen molar-refractivity contribution in [2.24, 2.45) is 0 Å². The molecule has 0 radical (unpaired) electrons. The number of hydrogen-bond acceptors (Lipinski definition) is 6. The van der Waals surface area contributed by atoms with Gasteiger partial charge in [-0.15, -0.1) is 0 Å². The number of likely N-dealkylation sites (N-methyl/N-ethyl adjacent to an activating group) is 1. The van der Waals surface area contributed by atoms with Crippen LogP contribution in [0, 0.1) is 13.8 Å². The highest BCUT2D eigenvalue weighted by molar-refractivity contribution is 7.98. The van der Waals surface area contributed by atoms with Crippen molar-refractivity contribution in [2.45, 2.75) is 58.7 Å². The number of carbonyl (C=O) groups is 3. The van der Waals surface area contributed by atoms with Crippen LogP contribution in [0.15, 0.2) is 42.5 Å². The maximum Gasteiger partial charge on any atom is 0.408 e. The Morgan fingerprint density at radius 3 is 2.24 bits per heavy atom. The fourth-order valence-electron chi connectivity index (χ4n) is 3.86. The first-order chi connectivity index (χ1) is 17.4. The first kappa shape index (κ1) is 30.0. The van der Waals surface area contributed by atoms with Gasteiger partial charge in [-0.3, -0.25) is 9.59 Å². The monoisotopic (exact) mass is 529 g/mol. The molecule has 2 aromatic carbocycles. The maximum absolute atomic E-state index is 13.7. The van der Waals surface area contributed by atoms with Crippen LogP contribution in [-0.2, 0) is 14.3 Å². The van der Waals surface area contributed by atoms with E-state index in [0.717, 1.165) is 11.1 Å². The van der Waals surface area contributed by atoms with E-state index in [2.05, 4.69) is 10.6 Å². The van der Waals surface area contributed by atoms with E-state index in [0.29, 0.717) is 29.2 Å². The van der Waals surface area contributed by atoms with Crippen molar-refractivity contribution in [3.63, 3.8) is 0 Å². The van der Waals surface area contributed by atoms with Crippen molar-refractivity contribution >= 4 is 35.4 Å². The summed E-state index contributed by atoms with van der Waals surface area (Å²) in [6.45, 7) is 9.17. The van der Waals surface area contributed by atoms with Crippen LogP contribution in [0.25, 0.3) is 0 Å². The summed E-state index contributed by atoms with van der Waals surface area (Å²) in [7, 11) is 3.16. The van der Waals surface area contributed by atoms with Crippen LogP contribution in [0.4, 0.5) is 10.5 Å². The Balaban J connectivity index is 2.39. The van der Waals surface area contributed by atoms with Gasteiger partial charge in [-0.05, 0) is 88.4 Å². The number of thioether (sulfide) groups is 1. The summed E-state index contributed by atoms with van der Waals surface area (Å²) in [6, 6.07) is 11.0. The van der Waals surface area contributed by atoms with E-state index >= 15 is 0 Å². The van der Waals surface area contributed by atoms with E-state index in [1.54, 1.807) is 71.0 Å². The molecule has 0 bridgehead atoms. The Labute approximate surface area is 224 Å². The number of benzene rings is 2. The second-order valence-corrected chi connectivity index (χ2v) is 10.9. The minimum absolute atomic E-state index is 0.367. The second kappa shape index (κ2) is 13.4. The molecule has 3 amide bonds. The minimum atomic E-state index is -0.924. The molecule has 2 unspecified atom stereocenters. The molecular formula is C28H39N3O5S. The quantitative estimate of drug-likeness (QED) is 0.445. The lowest BCUT2D eigenvalue weighted by molar-refractivity contribution is -0.139. The van der Waals surface area contributed by atoms with Gasteiger partial charge in [0.25, 0.3) is 5.91 Å². The molecule has 0 aliphatic carbocycles. The van der Waals surface area contributed by atoms with Crippen molar-refractivity contribution in [2.75, 3.05) is 31.5 Å². The summed E-state index contributed by atoms with van der Waals surface area (Å²) in [5, 5.41) is 5.63. The molecule has 8 nitrogen and oxygen atoms in total. The molecule has 37 heavy (non-hydrogen) atoms. The van der Waals surface area contributed by atoms with Crippen LogP contribution in [-0.4, -0.2) is 60.6 Å². The topological polar surface area (TPSA) is 97.0 Å². The number of anilines is 1. The molecule has 2 N–H and O–H groups in total. The van der Waals surface area contributed by atoms with Gasteiger partial charge in [0.1, 0.15) is 23.4 Å². The van der Waals surface area contributed by atoms with Crippen molar-refractivity contribution < 1.29 is 23.9 Å². The number of aryl methyl sites for hydroxylation is 2. The third-order valence-electron chi connectivity index (χ3n) is 5.66. The molecule has 0 heterocycles. The average molecular weight is 530 g/mol. The normalized spacial score (nSPS) is 12.8. The van der Waals surface area contributed by atoms with Gasteiger partial charge < -0.3 is 25.0 Å². The van der Waals surface area contributed by atoms with Crippen molar-refractivity contribution in [1.82, 2.24) is 10.2 Å². The number of nitrogens with one attached hydrogen (secondary N) is 2. The van der Waals surface area contributed by atoms with Gasteiger partial charge in [0.05, 0.1) is 7.11 Å². The fourth-order valence-corrected chi connectivity index (χ4v) is 4.33. The van der Waals surface area contributed by atoms with Crippen molar-refractivity contribution in [1.29, 1.82) is 0 Å². The number of alkyl carbamates (subject to hydrolysis) is 1. The Bertz CT molecular complexity index is 1080. The molecule has 0 saturated carbocycles. The molecule has 0 aliphatic heterocycles. The van der Waals surface area contributed by atoms with Crippen LogP contribution in [0.1, 0.15) is 49.9 Å². The number of methoxy groups -OCH3 is 1. The molecule has 202 valence electrons. The highest BCUT2D eigenvalue weighted by Gasteiger charge is 2.34. The Morgan fingerprint density at radius 2 is 1.70 bits per heavy atom. The minimum Gasteiger partial charge on any atom is -0.497 e. The Kier molecular flexibility index (Phi) is 10.9. The van der Waals surface area contributed by atoms with E-state index in [-0.39, 0.29) is 11.8 Å². The number of amides is 3. The molecule has 0 aromatic heterocycles. The van der Waals surface area contributed by atoms with Crippen molar-refractivity contribution in [3.8, 4) is 5.75 Å². The number of nitrogens with zero attached hydrogens (tertiary/aromatic N) is 1. The second-order valence-electron chi connectivity index (χ2n) is 9.91. The third-order valence-corrected chi connectivity index (χ3v) is 6.30. The van der Waals surface area contributed by atoms with Gasteiger partial charge in [0.15, 0.2) is 0 Å². The summed E-state index contributed by atoms with van der Waals surface area (Å²) >= 11 is 1.57. The summed E-state index contributed by atoms with van der Waals surface area (Å²) in [4.78, 5) is 41.3. The van der Waals surface area contributed by atoms with Crippen molar-refractivity contribution in [3.05, 3.63) is 59.2 Å². The summed E-state index contributed by atoms with van der Waals surface area (Å²) in [5.41, 5.74) is 2.51. The van der Waals surface area contributed by atoms with E-state index in [1.165, 1.54) is 4.90 Å². The van der Waals surface area contributed by atoms with Gasteiger partial charge >= 0.3 is 6.09 Å². The predicted octanol–water partition coefficient (Wildman–Crippen LogP) is 5.10. The highest BCUT2D eigenvalue weighted by atomic mass is 32.2. The van der Waals surface area contributed by atoms with Gasteiger partial charge in [-0.1, -0.05) is 23.8 Å². The smallest absolute Gasteiger partial charge is 0.408 e. The fraction of sp³-hybridized carbons (Fsp3) is 0.464. The van der Waals surface area contributed by atoms with E-state index < -0.39 is 23.8 Å². The molecule has 0 aliphatic rings. The molecule has 2 aromatic rings. The Morgan fingerprint density at radius 1 is 1.05 bits per heavy atom. The molecule has 2 atom stereocenters. The first-order valence-electron chi connectivity index (χ1n) is 12.1. The molecule has 0 spiro atoms. The van der Waals surface area contributed by atoms with Crippen LogP contribution >= 0.6 is 11.8 Å². The standard InChI is InChI=1S/C28H39N3O5S/c1-18-9-14-22(19(2)17-18)24(25(32)29-20-10-12-21(35-7)13-11-20)31(6)26(33)23(15-16-37-8)30-27(34)36-28(3,4)5/h9-14,17,23-24H,15-16H2,1-8H3,(H,29,32)(H,30,34). The van der Waals surface area contributed by atoms with E-state index in [4.69, 9.17) is 9.47 Å². The number of ether oxygens (including phenoxy) is 2. The van der Waals surface area contributed by atoms with Gasteiger partial charge in [0.2, 0.25) is 5.91 Å². The lowest BCUT2D eigenvalue weighted by Crippen LogP contribution is -2.51. The molecular weight excluding hydrogens is 490 g/mol. The zero-order valence-corrected chi connectivity index (χ0v) is 23.8. The number of carbonyl (C=O) groups excluding carboxylic acids is 3. The molecule has 0 fully saturated rings. The summed E-state index contributed by atoms with van der Waals surface area (Å²) in [6.07, 6.45) is 1.65. The highest BCUT2D eigenvalue weighted by Crippen LogP contribution is 2.27. The Hall–Kier alpha value is -3.20. The summed E-state index contributed by atoms with van der Waals surface area (Å²) < 4.78 is 10.6. The van der Waals surface area contributed by atoms with Crippen LogP contribution in [0.5, 0.6) is 5.75 Å². The van der Waals surface area contributed by atoms with Gasteiger partial charge in [0, 0.05) is 12.7 Å². The zero-order valence-electron chi connectivity index (χ0n) is 23.0. The molecule has 0 saturated heterocycles. The van der Waals surface area contributed by atoms with Crippen LogP contribution < -0.4 is 15.4 Å². The van der Waals surface area contributed by atoms with E-state index in [9.17, 15) is 14.4 Å². The van der Waals surface area contributed by atoms with Gasteiger partial charge in [-0.25, -0.2) is 4.79 Å². The predicted molar refractivity (Wildman–Crippen MR) is 149 cm³/mol.